The number of halogens is 1. The molecule has 2 N–H and O–H groups in total. The molecule has 7 nitrogen and oxygen atoms in total. The molecule has 9 heteroatoms. The van der Waals surface area contributed by atoms with Crippen molar-refractivity contribution in [1.29, 1.82) is 0 Å². The van der Waals surface area contributed by atoms with Crippen LogP contribution >= 0.6 is 23.8 Å². The highest BCUT2D eigenvalue weighted by Gasteiger charge is 2.20. The fourth-order valence-corrected chi connectivity index (χ4v) is 3.56. The summed E-state index contributed by atoms with van der Waals surface area (Å²) in [6, 6.07) is 11.9. The number of hydrogen-bond donors (Lipinski definition) is 2. The Morgan fingerprint density at radius 3 is 2.47 bits per heavy atom. The number of hydrogen-bond acceptors (Lipinski definition) is 6. The van der Waals surface area contributed by atoms with E-state index in [4.69, 9.17) is 28.6 Å². The molecule has 0 aromatic heterocycles. The summed E-state index contributed by atoms with van der Waals surface area (Å²) in [6.45, 7) is 3.52. The number of amides is 1. The summed E-state index contributed by atoms with van der Waals surface area (Å²) in [4.78, 5) is 28.9. The maximum Gasteiger partial charge on any atom is 0.337 e. The molecule has 1 aliphatic rings. The number of ether oxygens (including phenoxy) is 1. The largest absolute Gasteiger partial charge is 0.465 e. The van der Waals surface area contributed by atoms with Crippen molar-refractivity contribution >= 4 is 52.2 Å². The molecule has 0 spiro atoms. The van der Waals surface area contributed by atoms with Gasteiger partial charge in [0.15, 0.2) is 5.11 Å². The highest BCUT2D eigenvalue weighted by Crippen LogP contribution is 2.28. The molecular formula is C21H23ClN4O3S. The number of nitrogens with zero attached hydrogens (tertiary/aromatic N) is 2. The predicted molar refractivity (Wildman–Crippen MR) is 123 cm³/mol. The fraction of sp³-hybridized carbons (Fsp3) is 0.286. The van der Waals surface area contributed by atoms with Crippen LogP contribution in [0.2, 0.25) is 5.02 Å². The standard InChI is InChI=1S/C21H23ClN4O3S/c1-25-8-10-26(11-9-25)18-7-6-15(20(28)29-2)13-17(18)23-21(30)24-19(27)14-4-3-5-16(22)12-14/h3-7,12-13H,8-11H2,1-2H3,(H2,23,24,27,30). The monoisotopic (exact) mass is 446 g/mol. The molecule has 30 heavy (non-hydrogen) atoms. The number of likely N-dealkylation sites (N-methyl/N-ethyl adjacent to an activating group) is 1. The third-order valence-corrected chi connectivity index (χ3v) is 5.26. The maximum absolute atomic E-state index is 12.5. The van der Waals surface area contributed by atoms with Gasteiger partial charge in [0.1, 0.15) is 0 Å². The normalized spacial score (nSPS) is 14.2. The Labute approximate surface area is 185 Å². The summed E-state index contributed by atoms with van der Waals surface area (Å²) in [5.74, 6) is -0.822. The van der Waals surface area contributed by atoms with E-state index in [0.29, 0.717) is 21.8 Å². The van der Waals surface area contributed by atoms with Gasteiger partial charge in [-0.3, -0.25) is 10.1 Å². The van der Waals surface area contributed by atoms with E-state index in [1.165, 1.54) is 7.11 Å². The van der Waals surface area contributed by atoms with Gasteiger partial charge in [-0.05, 0) is 55.7 Å². The summed E-state index contributed by atoms with van der Waals surface area (Å²) >= 11 is 11.3. The van der Waals surface area contributed by atoms with E-state index in [-0.39, 0.29) is 11.0 Å². The highest BCUT2D eigenvalue weighted by atomic mass is 35.5. The van der Waals surface area contributed by atoms with E-state index >= 15 is 0 Å². The van der Waals surface area contributed by atoms with Crippen molar-refractivity contribution in [2.45, 2.75) is 0 Å². The first-order chi connectivity index (χ1) is 14.4. The molecule has 1 fully saturated rings. The Kier molecular flexibility index (Phi) is 7.25. The average molecular weight is 447 g/mol. The van der Waals surface area contributed by atoms with Crippen molar-refractivity contribution in [3.63, 3.8) is 0 Å². The van der Waals surface area contributed by atoms with Crippen molar-refractivity contribution in [3.05, 3.63) is 58.6 Å². The molecule has 3 rings (SSSR count). The summed E-state index contributed by atoms with van der Waals surface area (Å²) in [5.41, 5.74) is 2.31. The van der Waals surface area contributed by atoms with Gasteiger partial charge >= 0.3 is 5.97 Å². The van der Waals surface area contributed by atoms with Crippen LogP contribution in [0.3, 0.4) is 0 Å². The number of nitrogens with one attached hydrogen (secondary N) is 2. The van der Waals surface area contributed by atoms with Gasteiger partial charge < -0.3 is 19.9 Å². The number of rotatable bonds is 4. The van der Waals surface area contributed by atoms with Crippen molar-refractivity contribution in [1.82, 2.24) is 10.2 Å². The highest BCUT2D eigenvalue weighted by molar-refractivity contribution is 7.80. The molecule has 0 aliphatic carbocycles. The van der Waals surface area contributed by atoms with Crippen LogP contribution in [0.4, 0.5) is 11.4 Å². The number of benzene rings is 2. The van der Waals surface area contributed by atoms with Crippen LogP contribution in [0.25, 0.3) is 0 Å². The average Bonchev–Trinajstić information content (AvgIpc) is 2.73. The van der Waals surface area contributed by atoms with Gasteiger partial charge in [0.2, 0.25) is 0 Å². The third kappa shape index (κ3) is 5.47. The molecule has 2 aromatic carbocycles. The Hall–Kier alpha value is -2.68. The number of esters is 1. The number of piperazine rings is 1. The van der Waals surface area contributed by atoms with E-state index < -0.39 is 5.97 Å². The number of anilines is 2. The van der Waals surface area contributed by atoms with Crippen LogP contribution in [0.1, 0.15) is 20.7 Å². The lowest BCUT2D eigenvalue weighted by Crippen LogP contribution is -2.45. The summed E-state index contributed by atoms with van der Waals surface area (Å²) in [7, 11) is 3.41. The van der Waals surface area contributed by atoms with Gasteiger partial charge in [-0.2, -0.15) is 0 Å². The molecular weight excluding hydrogens is 424 g/mol. The van der Waals surface area contributed by atoms with E-state index in [0.717, 1.165) is 31.9 Å². The SMILES string of the molecule is COC(=O)c1ccc(N2CCN(C)CC2)c(NC(=S)NC(=O)c2cccc(Cl)c2)c1. The minimum Gasteiger partial charge on any atom is -0.465 e. The van der Waals surface area contributed by atoms with Gasteiger partial charge in [-0.15, -0.1) is 0 Å². The summed E-state index contributed by atoms with van der Waals surface area (Å²) in [5, 5.41) is 6.29. The predicted octanol–water partition coefficient (Wildman–Crippen LogP) is 3.01. The number of carbonyl (C=O) groups is 2. The second-order valence-electron chi connectivity index (χ2n) is 6.93. The molecule has 0 bridgehead atoms. The van der Waals surface area contributed by atoms with Crippen molar-refractivity contribution in [2.24, 2.45) is 0 Å². The first kappa shape index (κ1) is 22.0. The van der Waals surface area contributed by atoms with Crippen LogP contribution in [0.5, 0.6) is 0 Å². The molecule has 1 heterocycles. The molecule has 1 amide bonds. The lowest BCUT2D eigenvalue weighted by molar-refractivity contribution is 0.0600. The maximum atomic E-state index is 12.5. The first-order valence-electron chi connectivity index (χ1n) is 9.41. The van der Waals surface area contributed by atoms with Gasteiger partial charge in [0, 0.05) is 36.8 Å². The molecule has 0 unspecified atom stereocenters. The van der Waals surface area contributed by atoms with Crippen LogP contribution < -0.4 is 15.5 Å². The zero-order valence-corrected chi connectivity index (χ0v) is 18.3. The summed E-state index contributed by atoms with van der Waals surface area (Å²) < 4.78 is 4.83. The minimum absolute atomic E-state index is 0.123. The number of carbonyl (C=O) groups excluding carboxylic acids is 2. The number of methoxy groups -OCH3 is 1. The lowest BCUT2D eigenvalue weighted by Gasteiger charge is -2.35. The van der Waals surface area contributed by atoms with Gasteiger partial charge in [0.05, 0.1) is 24.0 Å². The molecule has 0 saturated carbocycles. The van der Waals surface area contributed by atoms with Crippen molar-refractivity contribution in [3.8, 4) is 0 Å². The second-order valence-corrected chi connectivity index (χ2v) is 7.78. The van der Waals surface area contributed by atoms with Crippen LogP contribution in [-0.4, -0.2) is 62.2 Å². The van der Waals surface area contributed by atoms with E-state index in [2.05, 4.69) is 27.5 Å². The van der Waals surface area contributed by atoms with Gasteiger partial charge in [-0.25, -0.2) is 4.79 Å². The van der Waals surface area contributed by atoms with Gasteiger partial charge in [-0.1, -0.05) is 17.7 Å². The Bertz CT molecular complexity index is 961. The Balaban J connectivity index is 1.80. The molecule has 2 aromatic rings. The molecule has 0 radical (unpaired) electrons. The topological polar surface area (TPSA) is 73.9 Å². The molecule has 0 atom stereocenters. The third-order valence-electron chi connectivity index (χ3n) is 4.82. The molecule has 158 valence electrons. The first-order valence-corrected chi connectivity index (χ1v) is 10.2. The number of thiocarbonyl (C=S) groups is 1. The van der Waals surface area contributed by atoms with Crippen molar-refractivity contribution in [2.75, 3.05) is 50.6 Å². The van der Waals surface area contributed by atoms with Crippen molar-refractivity contribution < 1.29 is 14.3 Å². The van der Waals surface area contributed by atoms with Crippen LogP contribution in [0.15, 0.2) is 42.5 Å². The second kappa shape index (κ2) is 9.88. The van der Waals surface area contributed by atoms with Gasteiger partial charge in [0.25, 0.3) is 5.91 Å². The van der Waals surface area contributed by atoms with E-state index in [1.54, 1.807) is 36.4 Å². The summed E-state index contributed by atoms with van der Waals surface area (Å²) in [6.07, 6.45) is 0. The van der Waals surface area contributed by atoms with E-state index in [1.807, 2.05) is 6.07 Å². The molecule has 1 aliphatic heterocycles. The van der Waals surface area contributed by atoms with Crippen LogP contribution in [0, 0.1) is 0 Å². The Morgan fingerprint density at radius 1 is 1.07 bits per heavy atom. The fourth-order valence-electron chi connectivity index (χ4n) is 3.16. The zero-order chi connectivity index (χ0) is 21.7. The smallest absolute Gasteiger partial charge is 0.337 e. The van der Waals surface area contributed by atoms with Crippen LogP contribution in [-0.2, 0) is 4.74 Å². The minimum atomic E-state index is -0.447. The lowest BCUT2D eigenvalue weighted by atomic mass is 10.1. The zero-order valence-electron chi connectivity index (χ0n) is 16.8. The molecule has 1 saturated heterocycles. The Morgan fingerprint density at radius 2 is 1.80 bits per heavy atom. The van der Waals surface area contributed by atoms with E-state index in [9.17, 15) is 9.59 Å². The quantitative estimate of drug-likeness (QED) is 0.552.